The van der Waals surface area contributed by atoms with Gasteiger partial charge in [0.2, 0.25) is 0 Å². The first-order valence-electron chi connectivity index (χ1n) is 6.62. The minimum absolute atomic E-state index is 0.188. The van der Waals surface area contributed by atoms with Gasteiger partial charge in [0.25, 0.3) is 5.91 Å². The van der Waals surface area contributed by atoms with Gasteiger partial charge in [0.05, 0.1) is 0 Å². The summed E-state index contributed by atoms with van der Waals surface area (Å²) in [5, 5.41) is 2.87. The summed E-state index contributed by atoms with van der Waals surface area (Å²) in [6.45, 7) is 0.694. The Morgan fingerprint density at radius 3 is 2.72 bits per heavy atom. The summed E-state index contributed by atoms with van der Waals surface area (Å²) < 4.78 is 0. The van der Waals surface area contributed by atoms with E-state index < -0.39 is 0 Å². The van der Waals surface area contributed by atoms with Crippen LogP contribution in [0.2, 0.25) is 0 Å². The van der Waals surface area contributed by atoms with Crippen molar-refractivity contribution in [2.75, 3.05) is 12.3 Å². The van der Waals surface area contributed by atoms with Gasteiger partial charge in [-0.05, 0) is 12.3 Å². The number of carbonyl (C=O) groups excluding carboxylic acids is 1. The quantitative estimate of drug-likeness (QED) is 0.850. The molecule has 98 valence electrons. The zero-order valence-electron chi connectivity index (χ0n) is 10.6. The van der Waals surface area contributed by atoms with Gasteiger partial charge in [-0.1, -0.05) is 32.1 Å². The van der Waals surface area contributed by atoms with Crippen LogP contribution in [0, 0.1) is 5.92 Å². The lowest BCUT2D eigenvalue weighted by atomic mass is 9.87. The van der Waals surface area contributed by atoms with Crippen LogP contribution in [0.25, 0.3) is 0 Å². The molecule has 0 aliphatic heterocycles. The number of nitrogens with zero attached hydrogens (tertiary/aromatic N) is 2. The van der Waals surface area contributed by atoms with Crippen LogP contribution in [0.3, 0.4) is 0 Å². The number of aromatic nitrogens is 2. The topological polar surface area (TPSA) is 80.9 Å². The van der Waals surface area contributed by atoms with Gasteiger partial charge in [-0.2, -0.15) is 0 Å². The summed E-state index contributed by atoms with van der Waals surface area (Å²) >= 11 is 0. The molecule has 0 saturated heterocycles. The minimum atomic E-state index is -0.226. The van der Waals surface area contributed by atoms with Gasteiger partial charge in [0, 0.05) is 18.9 Å². The van der Waals surface area contributed by atoms with Crippen LogP contribution in [0.1, 0.15) is 49.0 Å². The van der Waals surface area contributed by atoms with Gasteiger partial charge < -0.3 is 11.1 Å². The van der Waals surface area contributed by atoms with Gasteiger partial charge in [-0.15, -0.1) is 0 Å². The Balaban J connectivity index is 1.76. The molecule has 1 amide bonds. The Bertz CT molecular complexity index is 402. The van der Waals surface area contributed by atoms with E-state index in [1.807, 2.05) is 0 Å². The molecule has 0 unspecified atom stereocenters. The van der Waals surface area contributed by atoms with E-state index in [9.17, 15) is 4.79 Å². The first-order valence-corrected chi connectivity index (χ1v) is 6.62. The number of anilines is 1. The number of nitrogen functional groups attached to an aromatic ring is 1. The summed E-state index contributed by atoms with van der Waals surface area (Å²) in [5.41, 5.74) is 5.82. The monoisotopic (exact) mass is 248 g/mol. The maximum absolute atomic E-state index is 11.8. The van der Waals surface area contributed by atoms with Gasteiger partial charge in [0.1, 0.15) is 0 Å². The van der Waals surface area contributed by atoms with Crippen molar-refractivity contribution in [3.8, 4) is 0 Å². The van der Waals surface area contributed by atoms with E-state index in [0.29, 0.717) is 6.54 Å². The van der Waals surface area contributed by atoms with Crippen LogP contribution in [-0.2, 0) is 0 Å². The number of nitrogens with two attached hydrogens (primary N) is 1. The highest BCUT2D eigenvalue weighted by Gasteiger charge is 2.15. The fraction of sp³-hybridized carbons (Fsp3) is 0.615. The zero-order chi connectivity index (χ0) is 12.8. The third-order valence-electron chi connectivity index (χ3n) is 3.50. The SMILES string of the molecule is Nc1nccnc1C(=O)NCCC1CCCCC1. The van der Waals surface area contributed by atoms with E-state index in [1.54, 1.807) is 0 Å². The third-order valence-corrected chi connectivity index (χ3v) is 3.50. The van der Waals surface area contributed by atoms with Crippen molar-refractivity contribution in [3.63, 3.8) is 0 Å². The summed E-state index contributed by atoms with van der Waals surface area (Å²) in [6.07, 6.45) is 10.6. The van der Waals surface area contributed by atoms with E-state index in [2.05, 4.69) is 15.3 Å². The van der Waals surface area contributed by atoms with Crippen LogP contribution >= 0.6 is 0 Å². The number of carbonyl (C=O) groups is 1. The fourth-order valence-corrected chi connectivity index (χ4v) is 2.47. The Morgan fingerprint density at radius 2 is 2.00 bits per heavy atom. The maximum Gasteiger partial charge on any atom is 0.273 e. The van der Waals surface area contributed by atoms with E-state index in [4.69, 9.17) is 5.73 Å². The Labute approximate surface area is 107 Å². The molecule has 5 nitrogen and oxygen atoms in total. The summed E-state index contributed by atoms with van der Waals surface area (Å²) in [4.78, 5) is 19.6. The molecule has 0 spiro atoms. The molecule has 0 aromatic carbocycles. The fourth-order valence-electron chi connectivity index (χ4n) is 2.47. The van der Waals surface area contributed by atoms with Crippen LogP contribution in [0.4, 0.5) is 5.82 Å². The highest BCUT2D eigenvalue weighted by atomic mass is 16.1. The number of amides is 1. The Kier molecular flexibility index (Phi) is 4.50. The van der Waals surface area contributed by atoms with Gasteiger partial charge >= 0.3 is 0 Å². The number of rotatable bonds is 4. The molecule has 18 heavy (non-hydrogen) atoms. The molecule has 1 heterocycles. The van der Waals surface area contributed by atoms with Gasteiger partial charge in [-0.25, -0.2) is 9.97 Å². The summed E-state index contributed by atoms with van der Waals surface area (Å²) in [5.74, 6) is 0.724. The molecule has 1 aromatic rings. The molecule has 2 rings (SSSR count). The van der Waals surface area contributed by atoms with E-state index in [1.165, 1.54) is 44.5 Å². The Morgan fingerprint density at radius 1 is 1.28 bits per heavy atom. The molecular formula is C13H20N4O. The number of hydrogen-bond donors (Lipinski definition) is 2. The first kappa shape index (κ1) is 12.8. The first-order chi connectivity index (χ1) is 8.77. The normalized spacial score (nSPS) is 16.4. The molecule has 1 aliphatic carbocycles. The highest BCUT2D eigenvalue weighted by molar-refractivity contribution is 5.96. The van der Waals surface area contributed by atoms with E-state index in [0.717, 1.165) is 12.3 Å². The lowest BCUT2D eigenvalue weighted by Gasteiger charge is -2.21. The van der Waals surface area contributed by atoms with Crippen LogP contribution < -0.4 is 11.1 Å². The lowest BCUT2D eigenvalue weighted by Crippen LogP contribution is -2.28. The lowest BCUT2D eigenvalue weighted by molar-refractivity contribution is 0.0946. The summed E-state index contributed by atoms with van der Waals surface area (Å²) in [6, 6.07) is 0. The predicted octanol–water partition coefficient (Wildman–Crippen LogP) is 1.76. The third kappa shape index (κ3) is 3.42. The number of hydrogen-bond acceptors (Lipinski definition) is 4. The molecular weight excluding hydrogens is 228 g/mol. The second-order valence-corrected chi connectivity index (χ2v) is 4.84. The van der Waals surface area contributed by atoms with Crippen molar-refractivity contribution in [3.05, 3.63) is 18.1 Å². The zero-order valence-corrected chi connectivity index (χ0v) is 10.6. The summed E-state index contributed by atoms with van der Waals surface area (Å²) in [7, 11) is 0. The van der Waals surface area contributed by atoms with Crippen LogP contribution in [-0.4, -0.2) is 22.4 Å². The smallest absolute Gasteiger partial charge is 0.273 e. The van der Waals surface area contributed by atoms with Gasteiger partial charge in [0.15, 0.2) is 11.5 Å². The minimum Gasteiger partial charge on any atom is -0.382 e. The maximum atomic E-state index is 11.8. The van der Waals surface area contributed by atoms with Gasteiger partial charge in [-0.3, -0.25) is 4.79 Å². The van der Waals surface area contributed by atoms with Crippen molar-refractivity contribution in [2.24, 2.45) is 5.92 Å². The molecule has 1 fully saturated rings. The average molecular weight is 248 g/mol. The number of nitrogens with one attached hydrogen (secondary N) is 1. The molecule has 3 N–H and O–H groups in total. The standard InChI is InChI=1S/C13H20N4O/c14-12-11(15-8-9-16-12)13(18)17-7-6-10-4-2-1-3-5-10/h8-10H,1-7H2,(H2,14,16)(H,17,18). The van der Waals surface area contributed by atoms with Crippen molar-refractivity contribution in [1.82, 2.24) is 15.3 Å². The highest BCUT2D eigenvalue weighted by Crippen LogP contribution is 2.25. The van der Waals surface area contributed by atoms with E-state index in [-0.39, 0.29) is 17.4 Å². The van der Waals surface area contributed by atoms with Crippen molar-refractivity contribution in [2.45, 2.75) is 38.5 Å². The second-order valence-electron chi connectivity index (χ2n) is 4.84. The van der Waals surface area contributed by atoms with Crippen LogP contribution in [0.15, 0.2) is 12.4 Å². The second kappa shape index (κ2) is 6.33. The molecule has 5 heteroatoms. The van der Waals surface area contributed by atoms with Crippen molar-refractivity contribution < 1.29 is 4.79 Å². The molecule has 0 atom stereocenters. The predicted molar refractivity (Wildman–Crippen MR) is 70.0 cm³/mol. The molecule has 1 aromatic heterocycles. The molecule has 0 bridgehead atoms. The van der Waals surface area contributed by atoms with Crippen molar-refractivity contribution in [1.29, 1.82) is 0 Å². The average Bonchev–Trinajstić information content (AvgIpc) is 2.40. The van der Waals surface area contributed by atoms with E-state index >= 15 is 0 Å². The van der Waals surface area contributed by atoms with Crippen molar-refractivity contribution >= 4 is 11.7 Å². The Hall–Kier alpha value is -1.65. The largest absolute Gasteiger partial charge is 0.382 e. The molecule has 0 radical (unpaired) electrons. The molecule has 1 aliphatic rings. The molecule has 1 saturated carbocycles. The van der Waals surface area contributed by atoms with Crippen LogP contribution in [0.5, 0.6) is 0 Å².